The SMILES string of the molecule is CC(=O)CCCCNCC(=O)OCC(C)C. The number of Topliss-reactive ketones (excluding diaryl/α,β-unsaturated/α-hetero) is 1. The predicted molar refractivity (Wildman–Crippen MR) is 63.2 cm³/mol. The van der Waals surface area contributed by atoms with Gasteiger partial charge in [-0.15, -0.1) is 0 Å². The van der Waals surface area contributed by atoms with Crippen LogP contribution in [0.4, 0.5) is 0 Å². The number of rotatable bonds is 9. The van der Waals surface area contributed by atoms with E-state index in [4.69, 9.17) is 4.74 Å². The van der Waals surface area contributed by atoms with E-state index in [1.54, 1.807) is 6.92 Å². The van der Waals surface area contributed by atoms with E-state index in [1.807, 2.05) is 13.8 Å². The van der Waals surface area contributed by atoms with E-state index in [-0.39, 0.29) is 18.3 Å². The Bertz CT molecular complexity index is 214. The summed E-state index contributed by atoms with van der Waals surface area (Å²) in [5, 5.41) is 3.00. The topological polar surface area (TPSA) is 55.4 Å². The molecule has 0 bridgehead atoms. The average Bonchev–Trinajstić information content (AvgIpc) is 2.19. The van der Waals surface area contributed by atoms with Crippen molar-refractivity contribution in [2.45, 2.75) is 40.0 Å². The van der Waals surface area contributed by atoms with Crippen molar-refractivity contribution in [3.63, 3.8) is 0 Å². The number of unbranched alkanes of at least 4 members (excludes halogenated alkanes) is 1. The van der Waals surface area contributed by atoms with Gasteiger partial charge in [-0.3, -0.25) is 4.79 Å². The van der Waals surface area contributed by atoms with Crippen molar-refractivity contribution < 1.29 is 14.3 Å². The minimum atomic E-state index is -0.208. The largest absolute Gasteiger partial charge is 0.464 e. The number of carbonyl (C=O) groups excluding carboxylic acids is 2. The van der Waals surface area contributed by atoms with E-state index in [9.17, 15) is 9.59 Å². The lowest BCUT2D eigenvalue weighted by atomic mass is 10.2. The highest BCUT2D eigenvalue weighted by Crippen LogP contribution is 1.95. The highest BCUT2D eigenvalue weighted by molar-refractivity contribution is 5.75. The van der Waals surface area contributed by atoms with Crippen LogP contribution in [0.5, 0.6) is 0 Å². The lowest BCUT2D eigenvalue weighted by Gasteiger charge is -2.07. The summed E-state index contributed by atoms with van der Waals surface area (Å²) in [4.78, 5) is 21.8. The summed E-state index contributed by atoms with van der Waals surface area (Å²) in [6, 6.07) is 0. The Morgan fingerprint density at radius 1 is 1.25 bits per heavy atom. The third-order valence-corrected chi connectivity index (χ3v) is 1.98. The molecule has 4 nitrogen and oxygen atoms in total. The van der Waals surface area contributed by atoms with Crippen molar-refractivity contribution in [2.75, 3.05) is 19.7 Å². The average molecular weight is 229 g/mol. The third kappa shape index (κ3) is 11.2. The molecule has 0 aromatic carbocycles. The first-order valence-electron chi connectivity index (χ1n) is 5.88. The Kier molecular flexibility index (Phi) is 8.81. The second-order valence-corrected chi connectivity index (χ2v) is 4.41. The molecule has 0 aliphatic heterocycles. The summed E-state index contributed by atoms with van der Waals surface area (Å²) in [5.74, 6) is 0.385. The molecule has 0 amide bonds. The zero-order chi connectivity index (χ0) is 12.4. The van der Waals surface area contributed by atoms with E-state index >= 15 is 0 Å². The fourth-order valence-electron chi connectivity index (χ4n) is 1.13. The number of ketones is 1. The molecule has 0 aliphatic rings. The smallest absolute Gasteiger partial charge is 0.319 e. The molecule has 0 saturated heterocycles. The maximum absolute atomic E-state index is 11.1. The van der Waals surface area contributed by atoms with Gasteiger partial charge in [0.2, 0.25) is 0 Å². The molecule has 0 radical (unpaired) electrons. The van der Waals surface area contributed by atoms with Crippen LogP contribution in [-0.2, 0) is 14.3 Å². The molecule has 94 valence electrons. The molecule has 16 heavy (non-hydrogen) atoms. The van der Waals surface area contributed by atoms with Crippen molar-refractivity contribution >= 4 is 11.8 Å². The number of ether oxygens (including phenoxy) is 1. The van der Waals surface area contributed by atoms with Crippen LogP contribution < -0.4 is 5.32 Å². The zero-order valence-electron chi connectivity index (χ0n) is 10.5. The minimum Gasteiger partial charge on any atom is -0.464 e. The number of nitrogens with one attached hydrogen (secondary N) is 1. The Labute approximate surface area is 97.7 Å². The molecule has 0 aliphatic carbocycles. The summed E-state index contributed by atoms with van der Waals surface area (Å²) < 4.78 is 4.99. The van der Waals surface area contributed by atoms with Gasteiger partial charge >= 0.3 is 5.97 Å². The zero-order valence-corrected chi connectivity index (χ0v) is 10.5. The molecular weight excluding hydrogens is 206 g/mol. The number of hydrogen-bond acceptors (Lipinski definition) is 4. The number of hydrogen-bond donors (Lipinski definition) is 1. The van der Waals surface area contributed by atoms with Crippen LogP contribution in [-0.4, -0.2) is 31.4 Å². The highest BCUT2D eigenvalue weighted by atomic mass is 16.5. The molecule has 0 fully saturated rings. The van der Waals surface area contributed by atoms with Gasteiger partial charge in [0.15, 0.2) is 0 Å². The Morgan fingerprint density at radius 2 is 1.94 bits per heavy atom. The summed E-state index contributed by atoms with van der Waals surface area (Å²) in [6.07, 6.45) is 2.42. The molecule has 1 N–H and O–H groups in total. The first kappa shape index (κ1) is 15.1. The minimum absolute atomic E-state index is 0.208. The summed E-state index contributed by atoms with van der Waals surface area (Å²) in [7, 11) is 0. The first-order valence-corrected chi connectivity index (χ1v) is 5.88. The van der Waals surface area contributed by atoms with Gasteiger partial charge in [-0.2, -0.15) is 0 Å². The van der Waals surface area contributed by atoms with Crippen LogP contribution >= 0.6 is 0 Å². The molecule has 4 heteroatoms. The molecular formula is C12H23NO3. The van der Waals surface area contributed by atoms with Crippen molar-refractivity contribution in [3.8, 4) is 0 Å². The van der Waals surface area contributed by atoms with E-state index in [1.165, 1.54) is 0 Å². The lowest BCUT2D eigenvalue weighted by Crippen LogP contribution is -2.26. The Morgan fingerprint density at radius 3 is 2.50 bits per heavy atom. The molecule has 0 unspecified atom stereocenters. The molecule has 0 saturated carbocycles. The molecule has 0 spiro atoms. The summed E-state index contributed by atoms with van der Waals surface area (Å²) in [5.41, 5.74) is 0. The fraction of sp³-hybridized carbons (Fsp3) is 0.833. The molecule has 0 rings (SSSR count). The van der Waals surface area contributed by atoms with Crippen LogP contribution in [0, 0.1) is 5.92 Å². The molecule has 0 aromatic rings. The quantitative estimate of drug-likeness (QED) is 0.481. The standard InChI is InChI=1S/C12H23NO3/c1-10(2)9-16-12(15)8-13-7-5-4-6-11(3)14/h10,13H,4-9H2,1-3H3. The van der Waals surface area contributed by atoms with Gasteiger partial charge < -0.3 is 14.8 Å². The summed E-state index contributed by atoms with van der Waals surface area (Å²) >= 11 is 0. The van der Waals surface area contributed by atoms with Gasteiger partial charge in [0.05, 0.1) is 13.2 Å². The predicted octanol–water partition coefficient (Wildman–Crippen LogP) is 1.53. The van der Waals surface area contributed by atoms with Crippen molar-refractivity contribution in [3.05, 3.63) is 0 Å². The fourth-order valence-corrected chi connectivity index (χ4v) is 1.13. The van der Waals surface area contributed by atoms with E-state index in [0.717, 1.165) is 19.4 Å². The molecule has 0 atom stereocenters. The van der Waals surface area contributed by atoms with E-state index < -0.39 is 0 Å². The maximum atomic E-state index is 11.1. The van der Waals surface area contributed by atoms with Crippen molar-refractivity contribution in [1.82, 2.24) is 5.32 Å². The first-order chi connectivity index (χ1) is 7.52. The van der Waals surface area contributed by atoms with Crippen molar-refractivity contribution in [1.29, 1.82) is 0 Å². The number of carbonyl (C=O) groups is 2. The second kappa shape index (κ2) is 9.33. The van der Waals surface area contributed by atoms with E-state index in [0.29, 0.717) is 18.9 Å². The summed E-state index contributed by atoms with van der Waals surface area (Å²) in [6.45, 7) is 7.09. The van der Waals surface area contributed by atoms with Gasteiger partial charge in [0.1, 0.15) is 5.78 Å². The van der Waals surface area contributed by atoms with Gasteiger partial charge in [-0.1, -0.05) is 13.8 Å². The molecule has 0 aromatic heterocycles. The van der Waals surface area contributed by atoms with Crippen LogP contribution in [0.15, 0.2) is 0 Å². The van der Waals surface area contributed by atoms with Crippen LogP contribution in [0.25, 0.3) is 0 Å². The van der Waals surface area contributed by atoms with Gasteiger partial charge in [-0.05, 0) is 32.2 Å². The van der Waals surface area contributed by atoms with Crippen LogP contribution in [0.3, 0.4) is 0 Å². The lowest BCUT2D eigenvalue weighted by molar-refractivity contribution is -0.143. The van der Waals surface area contributed by atoms with Gasteiger partial charge in [-0.25, -0.2) is 0 Å². The van der Waals surface area contributed by atoms with Crippen LogP contribution in [0.2, 0.25) is 0 Å². The molecule has 0 heterocycles. The van der Waals surface area contributed by atoms with Crippen LogP contribution in [0.1, 0.15) is 40.0 Å². The van der Waals surface area contributed by atoms with E-state index in [2.05, 4.69) is 5.32 Å². The maximum Gasteiger partial charge on any atom is 0.319 e. The van der Waals surface area contributed by atoms with Gasteiger partial charge in [0, 0.05) is 6.42 Å². The number of esters is 1. The van der Waals surface area contributed by atoms with Crippen molar-refractivity contribution in [2.24, 2.45) is 5.92 Å². The normalized spacial score (nSPS) is 10.5. The Balaban J connectivity index is 3.24. The third-order valence-electron chi connectivity index (χ3n) is 1.98. The monoisotopic (exact) mass is 229 g/mol. The highest BCUT2D eigenvalue weighted by Gasteiger charge is 2.03. The Hall–Kier alpha value is -0.900. The second-order valence-electron chi connectivity index (χ2n) is 4.41. The van der Waals surface area contributed by atoms with Gasteiger partial charge in [0.25, 0.3) is 0 Å².